The van der Waals surface area contributed by atoms with E-state index in [1.54, 1.807) is 4.90 Å². The van der Waals surface area contributed by atoms with Crippen LogP contribution in [0.4, 0.5) is 16.2 Å². The van der Waals surface area contributed by atoms with Crippen molar-refractivity contribution in [3.8, 4) is 0 Å². The molecule has 2 amide bonds. The van der Waals surface area contributed by atoms with E-state index in [-0.39, 0.29) is 29.9 Å². The third-order valence-electron chi connectivity index (χ3n) is 6.43. The number of carbonyl (C=O) groups is 2. The van der Waals surface area contributed by atoms with Gasteiger partial charge in [-0.25, -0.2) is 9.59 Å². The summed E-state index contributed by atoms with van der Waals surface area (Å²) in [5.41, 5.74) is 5.79. The van der Waals surface area contributed by atoms with Gasteiger partial charge in [0.2, 0.25) is 0 Å². The van der Waals surface area contributed by atoms with Crippen molar-refractivity contribution in [2.75, 3.05) is 17.7 Å². The fourth-order valence-electron chi connectivity index (χ4n) is 4.36. The summed E-state index contributed by atoms with van der Waals surface area (Å²) < 4.78 is 5.51. The first kappa shape index (κ1) is 28.2. The van der Waals surface area contributed by atoms with Crippen molar-refractivity contribution in [1.82, 2.24) is 10.2 Å². The van der Waals surface area contributed by atoms with Gasteiger partial charge in [-0.3, -0.25) is 0 Å². The quantitative estimate of drug-likeness (QED) is 0.278. The number of amides is 2. The monoisotopic (exact) mass is 522 g/mol. The lowest BCUT2D eigenvalue weighted by Gasteiger charge is -2.35. The van der Waals surface area contributed by atoms with E-state index in [0.29, 0.717) is 16.4 Å². The molecule has 8 heteroatoms. The Bertz CT molecular complexity index is 1180. The van der Waals surface area contributed by atoms with E-state index >= 15 is 0 Å². The van der Waals surface area contributed by atoms with Crippen molar-refractivity contribution in [1.29, 1.82) is 0 Å². The van der Waals surface area contributed by atoms with Crippen molar-refractivity contribution < 1.29 is 14.3 Å². The molecule has 1 aliphatic heterocycles. The fraction of sp³-hybridized carbons (Fsp3) is 0.414. The summed E-state index contributed by atoms with van der Waals surface area (Å²) in [7, 11) is 1.82. The van der Waals surface area contributed by atoms with Crippen molar-refractivity contribution in [2.45, 2.75) is 72.4 Å². The minimum Gasteiger partial charge on any atom is -0.459 e. The van der Waals surface area contributed by atoms with Crippen LogP contribution in [0.15, 0.2) is 53.7 Å². The first-order chi connectivity index (χ1) is 17.4. The molecule has 0 saturated carbocycles. The van der Waals surface area contributed by atoms with E-state index in [4.69, 9.17) is 17.0 Å². The molecule has 0 saturated heterocycles. The number of hydrogen-bond acceptors (Lipinski definition) is 4. The van der Waals surface area contributed by atoms with Crippen LogP contribution in [0.3, 0.4) is 0 Å². The van der Waals surface area contributed by atoms with E-state index in [9.17, 15) is 9.59 Å². The van der Waals surface area contributed by atoms with Gasteiger partial charge >= 0.3 is 12.0 Å². The molecule has 0 spiro atoms. The largest absolute Gasteiger partial charge is 0.459 e. The van der Waals surface area contributed by atoms with Gasteiger partial charge in [-0.15, -0.1) is 0 Å². The number of thiocarbonyl (C=S) groups is 1. The summed E-state index contributed by atoms with van der Waals surface area (Å²) in [6, 6.07) is 12.8. The summed E-state index contributed by atoms with van der Waals surface area (Å²) in [6.45, 7) is 14.0. The molecule has 0 fully saturated rings. The number of hydrogen-bond donors (Lipinski definition) is 3. The van der Waals surface area contributed by atoms with Crippen LogP contribution in [0.1, 0.15) is 83.0 Å². The van der Waals surface area contributed by atoms with Gasteiger partial charge in [-0.2, -0.15) is 0 Å². The Morgan fingerprint density at radius 2 is 1.51 bits per heavy atom. The van der Waals surface area contributed by atoms with Crippen LogP contribution in [0.25, 0.3) is 0 Å². The van der Waals surface area contributed by atoms with Crippen LogP contribution >= 0.6 is 12.2 Å². The molecule has 2 aromatic carbocycles. The number of carbonyl (C=O) groups excluding carboxylic acids is 2. The highest BCUT2D eigenvalue weighted by molar-refractivity contribution is 7.80. The van der Waals surface area contributed by atoms with Crippen LogP contribution in [0.2, 0.25) is 0 Å². The molecular formula is C29H38N4O3S. The van der Waals surface area contributed by atoms with Crippen molar-refractivity contribution in [3.63, 3.8) is 0 Å². The average Bonchev–Trinajstić information content (AvgIpc) is 2.82. The zero-order chi connectivity index (χ0) is 27.4. The van der Waals surface area contributed by atoms with E-state index in [0.717, 1.165) is 28.1 Å². The fourth-order valence-corrected chi connectivity index (χ4v) is 4.61. The van der Waals surface area contributed by atoms with Gasteiger partial charge in [0.25, 0.3) is 0 Å². The Kier molecular flexibility index (Phi) is 8.97. The van der Waals surface area contributed by atoms with Crippen LogP contribution in [0.5, 0.6) is 0 Å². The van der Waals surface area contributed by atoms with Gasteiger partial charge in [0.1, 0.15) is 0 Å². The molecule has 1 aliphatic rings. The molecule has 0 radical (unpaired) electrons. The minimum atomic E-state index is -0.454. The van der Waals surface area contributed by atoms with Crippen molar-refractivity contribution in [2.24, 2.45) is 0 Å². The molecule has 3 rings (SSSR count). The zero-order valence-electron chi connectivity index (χ0n) is 22.9. The highest BCUT2D eigenvalue weighted by Gasteiger charge is 2.33. The molecule has 1 heterocycles. The zero-order valence-corrected chi connectivity index (χ0v) is 23.7. The Hall–Kier alpha value is -3.39. The van der Waals surface area contributed by atoms with Crippen molar-refractivity contribution >= 4 is 40.7 Å². The van der Waals surface area contributed by atoms with Gasteiger partial charge in [0.05, 0.1) is 17.7 Å². The van der Waals surface area contributed by atoms with Crippen molar-refractivity contribution in [3.05, 3.63) is 70.4 Å². The third kappa shape index (κ3) is 6.49. The Morgan fingerprint density at radius 3 is 2.03 bits per heavy atom. The number of anilines is 2. The maximum atomic E-state index is 13.0. The number of para-hydroxylation sites is 1. The van der Waals surface area contributed by atoms with Crippen LogP contribution in [0, 0.1) is 0 Å². The molecule has 3 N–H and O–H groups in total. The highest BCUT2D eigenvalue weighted by Crippen LogP contribution is 2.33. The van der Waals surface area contributed by atoms with E-state index in [1.807, 2.05) is 58.2 Å². The Morgan fingerprint density at radius 1 is 0.946 bits per heavy atom. The first-order valence-electron chi connectivity index (χ1n) is 12.7. The summed E-state index contributed by atoms with van der Waals surface area (Å²) >= 11 is 5.48. The average molecular weight is 523 g/mol. The molecule has 0 aliphatic carbocycles. The molecule has 0 aromatic heterocycles. The maximum absolute atomic E-state index is 13.0. The third-order valence-corrected chi connectivity index (χ3v) is 6.82. The molecule has 1 atom stereocenters. The second kappa shape index (κ2) is 11.8. The van der Waals surface area contributed by atoms with Gasteiger partial charge in [0, 0.05) is 24.1 Å². The summed E-state index contributed by atoms with van der Waals surface area (Å²) in [4.78, 5) is 27.7. The standard InChI is InChI=1S/C29H38N4O3S/c1-16(2)22-10-9-11-23(17(3)4)26(22)31-28(35)30-21-14-12-20(13-15-21)25-24(27(34)36-18(5)6)19(7)33(8)29(37)32-25/h9-18,25H,1-8H3,(H,32,37)(H2,30,31,35). The van der Waals surface area contributed by atoms with E-state index < -0.39 is 6.04 Å². The van der Waals surface area contributed by atoms with E-state index in [1.165, 1.54) is 0 Å². The van der Waals surface area contributed by atoms with Gasteiger partial charge in [-0.1, -0.05) is 58.0 Å². The number of nitrogens with one attached hydrogen (secondary N) is 3. The van der Waals surface area contributed by atoms with Crippen LogP contribution in [-0.2, 0) is 9.53 Å². The number of esters is 1. The maximum Gasteiger partial charge on any atom is 0.338 e. The number of urea groups is 1. The number of allylic oxidation sites excluding steroid dienone is 1. The number of ether oxygens (including phenoxy) is 1. The topological polar surface area (TPSA) is 82.7 Å². The number of nitrogens with zero attached hydrogens (tertiary/aromatic N) is 1. The van der Waals surface area contributed by atoms with Gasteiger partial charge in [-0.05, 0) is 73.6 Å². The molecule has 2 aromatic rings. The molecule has 1 unspecified atom stereocenters. The first-order valence-corrected chi connectivity index (χ1v) is 13.1. The molecule has 7 nitrogen and oxygen atoms in total. The molecule has 37 heavy (non-hydrogen) atoms. The van der Waals surface area contributed by atoms with Crippen LogP contribution in [-0.4, -0.2) is 35.2 Å². The SMILES string of the molecule is CC1=C(C(=O)OC(C)C)C(c2ccc(NC(=O)Nc3c(C(C)C)cccc3C(C)C)cc2)NC(=S)N1C. The molecular weight excluding hydrogens is 484 g/mol. The van der Waals surface area contributed by atoms with Crippen LogP contribution < -0.4 is 16.0 Å². The number of benzene rings is 2. The predicted octanol–water partition coefficient (Wildman–Crippen LogP) is 6.66. The van der Waals surface area contributed by atoms with Gasteiger partial charge < -0.3 is 25.6 Å². The minimum absolute atomic E-state index is 0.241. The normalized spacial score (nSPS) is 15.8. The summed E-state index contributed by atoms with van der Waals surface area (Å²) in [5.74, 6) is 0.162. The molecule has 0 bridgehead atoms. The Balaban J connectivity index is 1.82. The van der Waals surface area contributed by atoms with Gasteiger partial charge in [0.15, 0.2) is 5.11 Å². The number of rotatable bonds is 7. The highest BCUT2D eigenvalue weighted by atomic mass is 32.1. The molecule has 198 valence electrons. The predicted molar refractivity (Wildman–Crippen MR) is 154 cm³/mol. The van der Waals surface area contributed by atoms with E-state index in [2.05, 4.69) is 55.8 Å². The lowest BCUT2D eigenvalue weighted by molar-refractivity contribution is -0.143. The summed E-state index contributed by atoms with van der Waals surface area (Å²) in [6.07, 6.45) is -0.241. The second-order valence-electron chi connectivity index (χ2n) is 10.2. The lowest BCUT2D eigenvalue weighted by atomic mass is 9.93. The lowest BCUT2D eigenvalue weighted by Crippen LogP contribution is -2.46. The Labute approximate surface area is 225 Å². The second-order valence-corrected chi connectivity index (χ2v) is 10.6. The summed E-state index contributed by atoms with van der Waals surface area (Å²) in [5, 5.41) is 9.77. The smallest absolute Gasteiger partial charge is 0.338 e.